The standard InChI is InChI=1S/C39H38N2/c1-6-13-28(2)41(34-17-12-24-39(4,5)35-18-10-9-14-30(35)21-22-34)37-20-11-19-36(29(37)3)40-25-23-33-26-31-15-7-8-16-32(31)27-38(33)40/h6-12,14-28H,1,13H2,2-5H3/b22-21?,24-12+,34-17?. The minimum Gasteiger partial charge on any atom is -0.338 e. The number of allylic oxidation sites excluding steroid dienone is 4. The summed E-state index contributed by atoms with van der Waals surface area (Å²) in [6, 6.07) is 31.0. The van der Waals surface area contributed by atoms with E-state index in [-0.39, 0.29) is 11.5 Å². The number of aromatic nitrogens is 1. The number of anilines is 1. The van der Waals surface area contributed by atoms with E-state index in [0.717, 1.165) is 12.1 Å². The molecule has 0 N–H and O–H groups in total. The van der Waals surface area contributed by atoms with Gasteiger partial charge >= 0.3 is 0 Å². The molecule has 1 atom stereocenters. The molecule has 1 aliphatic carbocycles. The van der Waals surface area contributed by atoms with Crippen molar-refractivity contribution in [3.63, 3.8) is 0 Å². The summed E-state index contributed by atoms with van der Waals surface area (Å²) in [4.78, 5) is 2.48. The van der Waals surface area contributed by atoms with Crippen molar-refractivity contribution in [3.8, 4) is 5.69 Å². The van der Waals surface area contributed by atoms with Crippen molar-refractivity contribution in [2.24, 2.45) is 0 Å². The first-order valence-electron chi connectivity index (χ1n) is 14.5. The number of rotatable bonds is 6. The van der Waals surface area contributed by atoms with Crippen molar-refractivity contribution in [1.82, 2.24) is 4.57 Å². The predicted octanol–water partition coefficient (Wildman–Crippen LogP) is 10.3. The minimum absolute atomic E-state index is 0.0695. The quantitative estimate of drug-likeness (QED) is 0.197. The largest absolute Gasteiger partial charge is 0.338 e. The molecule has 0 spiro atoms. The first kappa shape index (κ1) is 26.7. The molecule has 0 radical (unpaired) electrons. The van der Waals surface area contributed by atoms with Gasteiger partial charge in [0.1, 0.15) is 0 Å². The highest BCUT2D eigenvalue weighted by Crippen LogP contribution is 2.36. The zero-order valence-electron chi connectivity index (χ0n) is 24.5. The lowest BCUT2D eigenvalue weighted by atomic mass is 9.81. The summed E-state index contributed by atoms with van der Waals surface area (Å²) in [7, 11) is 0. The van der Waals surface area contributed by atoms with Gasteiger partial charge < -0.3 is 9.47 Å². The summed E-state index contributed by atoms with van der Waals surface area (Å²) in [6.45, 7) is 13.2. The SMILES string of the molecule is C=CCC(C)N(C1=C/C=C/C(C)(C)c2ccccc2C=C1)c1cccc(-n2ccc3cc4ccccc4cc32)c1C. The van der Waals surface area contributed by atoms with Crippen LogP contribution in [0, 0.1) is 6.92 Å². The molecule has 0 saturated carbocycles. The van der Waals surface area contributed by atoms with Crippen molar-refractivity contribution in [2.75, 3.05) is 4.90 Å². The van der Waals surface area contributed by atoms with Gasteiger partial charge in [0.25, 0.3) is 0 Å². The Morgan fingerprint density at radius 1 is 0.878 bits per heavy atom. The van der Waals surface area contributed by atoms with E-state index in [0.29, 0.717) is 0 Å². The second-order valence-electron chi connectivity index (χ2n) is 11.7. The van der Waals surface area contributed by atoms with Gasteiger partial charge in [-0.3, -0.25) is 0 Å². The van der Waals surface area contributed by atoms with Crippen LogP contribution in [0.1, 0.15) is 43.9 Å². The summed E-state index contributed by atoms with van der Waals surface area (Å²) < 4.78 is 2.34. The van der Waals surface area contributed by atoms with Gasteiger partial charge in [-0.05, 0) is 90.2 Å². The fourth-order valence-corrected chi connectivity index (χ4v) is 6.24. The second kappa shape index (κ2) is 10.8. The molecule has 0 aliphatic heterocycles. The third kappa shape index (κ3) is 4.95. The van der Waals surface area contributed by atoms with Crippen LogP contribution in [0.2, 0.25) is 0 Å². The molecule has 2 nitrogen and oxygen atoms in total. The maximum atomic E-state index is 4.08. The van der Waals surface area contributed by atoms with Crippen molar-refractivity contribution in [3.05, 3.63) is 150 Å². The molecule has 4 aromatic carbocycles. The Hall–Kier alpha value is -4.56. The molecular weight excluding hydrogens is 496 g/mol. The topological polar surface area (TPSA) is 8.17 Å². The van der Waals surface area contributed by atoms with Crippen LogP contribution in [0.15, 0.2) is 134 Å². The minimum atomic E-state index is -0.0695. The molecule has 5 aromatic rings. The van der Waals surface area contributed by atoms with E-state index in [4.69, 9.17) is 0 Å². The van der Waals surface area contributed by atoms with Gasteiger partial charge in [0.2, 0.25) is 0 Å². The zero-order chi connectivity index (χ0) is 28.6. The lowest BCUT2D eigenvalue weighted by molar-refractivity contribution is 0.668. The van der Waals surface area contributed by atoms with Crippen LogP contribution < -0.4 is 4.90 Å². The Bertz CT molecular complexity index is 1840. The third-order valence-electron chi connectivity index (χ3n) is 8.45. The highest BCUT2D eigenvalue weighted by atomic mass is 15.2. The Morgan fingerprint density at radius 3 is 2.44 bits per heavy atom. The van der Waals surface area contributed by atoms with E-state index >= 15 is 0 Å². The smallest absolute Gasteiger partial charge is 0.0534 e. The Labute approximate surface area is 244 Å². The summed E-state index contributed by atoms with van der Waals surface area (Å²) in [5, 5.41) is 3.77. The molecule has 0 saturated heterocycles. The average molecular weight is 535 g/mol. The zero-order valence-corrected chi connectivity index (χ0v) is 24.5. The van der Waals surface area contributed by atoms with Crippen LogP contribution in [0.5, 0.6) is 0 Å². The molecule has 1 aromatic heterocycles. The van der Waals surface area contributed by atoms with Crippen LogP contribution in [0.25, 0.3) is 33.4 Å². The molecular formula is C39H38N2. The monoisotopic (exact) mass is 534 g/mol. The molecule has 1 unspecified atom stereocenters. The van der Waals surface area contributed by atoms with Crippen molar-refractivity contribution in [1.29, 1.82) is 0 Å². The lowest BCUT2D eigenvalue weighted by Gasteiger charge is -2.34. The number of benzene rings is 4. The van der Waals surface area contributed by atoms with Crippen molar-refractivity contribution >= 4 is 33.4 Å². The van der Waals surface area contributed by atoms with Gasteiger partial charge in [0, 0.05) is 34.4 Å². The first-order valence-corrected chi connectivity index (χ1v) is 14.5. The van der Waals surface area contributed by atoms with Gasteiger partial charge in [-0.1, -0.05) is 92.7 Å². The highest BCUT2D eigenvalue weighted by molar-refractivity contribution is 5.98. The Kier molecular flexibility index (Phi) is 7.01. The second-order valence-corrected chi connectivity index (χ2v) is 11.7. The van der Waals surface area contributed by atoms with E-state index < -0.39 is 0 Å². The molecule has 0 amide bonds. The van der Waals surface area contributed by atoms with Crippen LogP contribution in [-0.2, 0) is 5.41 Å². The van der Waals surface area contributed by atoms with Gasteiger partial charge in [0.15, 0.2) is 0 Å². The predicted molar refractivity (Wildman–Crippen MR) is 178 cm³/mol. The normalized spacial score (nSPS) is 15.9. The maximum absolute atomic E-state index is 4.08. The van der Waals surface area contributed by atoms with E-state index in [1.165, 1.54) is 49.7 Å². The Balaban J connectivity index is 1.50. The number of hydrogen-bond acceptors (Lipinski definition) is 1. The van der Waals surface area contributed by atoms with E-state index in [1.54, 1.807) is 0 Å². The van der Waals surface area contributed by atoms with Crippen LogP contribution in [-0.4, -0.2) is 10.6 Å². The number of fused-ring (bicyclic) bond motifs is 3. The van der Waals surface area contributed by atoms with Gasteiger partial charge in [-0.25, -0.2) is 0 Å². The molecule has 1 heterocycles. The molecule has 0 bridgehead atoms. The highest BCUT2D eigenvalue weighted by Gasteiger charge is 2.23. The molecule has 2 heteroatoms. The third-order valence-corrected chi connectivity index (χ3v) is 8.45. The van der Waals surface area contributed by atoms with Gasteiger partial charge in [0.05, 0.1) is 11.2 Å². The lowest BCUT2D eigenvalue weighted by Crippen LogP contribution is -2.32. The van der Waals surface area contributed by atoms with Crippen LogP contribution in [0.4, 0.5) is 5.69 Å². The Morgan fingerprint density at radius 2 is 1.63 bits per heavy atom. The van der Waals surface area contributed by atoms with E-state index in [1.807, 2.05) is 6.08 Å². The fourth-order valence-electron chi connectivity index (χ4n) is 6.24. The van der Waals surface area contributed by atoms with Crippen molar-refractivity contribution in [2.45, 2.75) is 45.6 Å². The average Bonchev–Trinajstić information content (AvgIpc) is 3.39. The fraction of sp³-hybridized carbons (Fsp3) is 0.179. The van der Waals surface area contributed by atoms with Gasteiger partial charge in [-0.15, -0.1) is 6.58 Å². The maximum Gasteiger partial charge on any atom is 0.0534 e. The van der Waals surface area contributed by atoms with Crippen molar-refractivity contribution < 1.29 is 0 Å². The molecule has 0 fully saturated rings. The number of nitrogens with zero attached hydrogens (tertiary/aromatic N) is 2. The van der Waals surface area contributed by atoms with E-state index in [2.05, 4.69) is 165 Å². The summed E-state index contributed by atoms with van der Waals surface area (Å²) in [5.41, 5.74) is 8.53. The molecule has 1 aliphatic rings. The summed E-state index contributed by atoms with van der Waals surface area (Å²) in [6.07, 6.45) is 16.4. The first-order chi connectivity index (χ1) is 19.9. The summed E-state index contributed by atoms with van der Waals surface area (Å²) >= 11 is 0. The number of hydrogen-bond donors (Lipinski definition) is 0. The molecule has 6 rings (SSSR count). The van der Waals surface area contributed by atoms with Crippen LogP contribution in [0.3, 0.4) is 0 Å². The molecule has 41 heavy (non-hydrogen) atoms. The van der Waals surface area contributed by atoms with Gasteiger partial charge in [-0.2, -0.15) is 0 Å². The molecule has 204 valence electrons. The van der Waals surface area contributed by atoms with Crippen LogP contribution >= 0.6 is 0 Å². The summed E-state index contributed by atoms with van der Waals surface area (Å²) in [5.74, 6) is 0. The van der Waals surface area contributed by atoms with E-state index in [9.17, 15) is 0 Å².